The van der Waals surface area contributed by atoms with Gasteiger partial charge in [-0.15, -0.1) is 0 Å². The summed E-state index contributed by atoms with van der Waals surface area (Å²) in [4.78, 5) is 11.9. The van der Waals surface area contributed by atoms with Crippen LogP contribution >= 0.6 is 11.6 Å². The Balaban J connectivity index is 2.10. The van der Waals surface area contributed by atoms with Crippen LogP contribution in [0, 0.1) is 5.92 Å². The minimum Gasteiger partial charge on any atom is -0.508 e. The van der Waals surface area contributed by atoms with Gasteiger partial charge >= 0.3 is 0 Å². The Hall–Kier alpha value is -1.22. The highest BCUT2D eigenvalue weighted by Crippen LogP contribution is 2.32. The number of benzene rings is 1. The zero-order chi connectivity index (χ0) is 11.7. The van der Waals surface area contributed by atoms with Crippen molar-refractivity contribution in [1.82, 2.24) is 5.32 Å². The zero-order valence-electron chi connectivity index (χ0n) is 9.03. The SMILES string of the molecule is CC(NC(=O)c1cc(O)ccc1Cl)C1CC1. The molecular weight excluding hydrogens is 226 g/mol. The average molecular weight is 240 g/mol. The molecule has 0 bridgehead atoms. The van der Waals surface area contributed by atoms with Gasteiger partial charge in [-0.2, -0.15) is 0 Å². The van der Waals surface area contributed by atoms with Gasteiger partial charge in [-0.3, -0.25) is 4.79 Å². The van der Waals surface area contributed by atoms with E-state index in [9.17, 15) is 9.90 Å². The van der Waals surface area contributed by atoms with Gasteiger partial charge < -0.3 is 10.4 Å². The maximum atomic E-state index is 11.9. The number of hydrogen-bond acceptors (Lipinski definition) is 2. The molecule has 1 aliphatic carbocycles. The molecule has 1 aromatic rings. The summed E-state index contributed by atoms with van der Waals surface area (Å²) in [6, 6.07) is 4.54. The number of phenols is 1. The van der Waals surface area contributed by atoms with Gasteiger partial charge in [0.15, 0.2) is 0 Å². The predicted molar refractivity (Wildman–Crippen MR) is 62.8 cm³/mol. The highest BCUT2D eigenvalue weighted by atomic mass is 35.5. The Morgan fingerprint density at radius 3 is 2.88 bits per heavy atom. The van der Waals surface area contributed by atoms with Crippen LogP contribution in [0.5, 0.6) is 5.75 Å². The second kappa shape index (κ2) is 4.34. The van der Waals surface area contributed by atoms with Crippen molar-refractivity contribution in [1.29, 1.82) is 0 Å². The lowest BCUT2D eigenvalue weighted by molar-refractivity contribution is 0.0935. The molecule has 0 spiro atoms. The number of nitrogens with one attached hydrogen (secondary N) is 1. The molecule has 86 valence electrons. The van der Waals surface area contributed by atoms with E-state index in [4.69, 9.17) is 11.6 Å². The molecule has 0 saturated heterocycles. The molecule has 1 amide bonds. The maximum absolute atomic E-state index is 11.9. The summed E-state index contributed by atoms with van der Waals surface area (Å²) in [7, 11) is 0. The van der Waals surface area contributed by atoms with Crippen LogP contribution in [0.1, 0.15) is 30.1 Å². The molecule has 1 aliphatic rings. The van der Waals surface area contributed by atoms with E-state index in [1.807, 2.05) is 6.92 Å². The number of rotatable bonds is 3. The number of aromatic hydroxyl groups is 1. The van der Waals surface area contributed by atoms with Crippen molar-refractivity contribution in [2.75, 3.05) is 0 Å². The van der Waals surface area contributed by atoms with Crippen molar-refractivity contribution in [2.45, 2.75) is 25.8 Å². The molecule has 3 nitrogen and oxygen atoms in total. The van der Waals surface area contributed by atoms with Crippen molar-refractivity contribution in [3.8, 4) is 5.75 Å². The maximum Gasteiger partial charge on any atom is 0.253 e. The quantitative estimate of drug-likeness (QED) is 0.852. The molecule has 0 radical (unpaired) electrons. The summed E-state index contributed by atoms with van der Waals surface area (Å²) in [6.07, 6.45) is 2.35. The first-order valence-electron chi connectivity index (χ1n) is 5.37. The van der Waals surface area contributed by atoms with Gasteiger partial charge in [0, 0.05) is 6.04 Å². The fourth-order valence-corrected chi connectivity index (χ4v) is 1.89. The molecule has 2 N–H and O–H groups in total. The fraction of sp³-hybridized carbons (Fsp3) is 0.417. The van der Waals surface area contributed by atoms with Crippen LogP contribution < -0.4 is 5.32 Å². The van der Waals surface area contributed by atoms with E-state index < -0.39 is 0 Å². The van der Waals surface area contributed by atoms with E-state index in [-0.39, 0.29) is 17.7 Å². The normalized spacial score (nSPS) is 16.9. The molecule has 1 atom stereocenters. The number of hydrogen-bond donors (Lipinski definition) is 2. The molecule has 1 unspecified atom stereocenters. The standard InChI is InChI=1S/C12H14ClNO2/c1-7(8-2-3-8)14-12(16)10-6-9(15)4-5-11(10)13/h4-8,15H,2-3H2,1H3,(H,14,16). The minimum absolute atomic E-state index is 0.0497. The third kappa shape index (κ3) is 2.47. The molecule has 4 heteroatoms. The zero-order valence-corrected chi connectivity index (χ0v) is 9.79. The van der Waals surface area contributed by atoms with Gasteiger partial charge in [-0.05, 0) is 43.9 Å². The number of carbonyl (C=O) groups is 1. The van der Waals surface area contributed by atoms with Crippen molar-refractivity contribution in [2.24, 2.45) is 5.92 Å². The van der Waals surface area contributed by atoms with Gasteiger partial charge in [0.05, 0.1) is 10.6 Å². The lowest BCUT2D eigenvalue weighted by atomic mass is 10.1. The van der Waals surface area contributed by atoms with Gasteiger partial charge in [0.2, 0.25) is 0 Å². The number of carbonyl (C=O) groups excluding carboxylic acids is 1. The van der Waals surface area contributed by atoms with Gasteiger partial charge in [0.1, 0.15) is 5.75 Å². The van der Waals surface area contributed by atoms with Gasteiger partial charge in [-0.1, -0.05) is 11.6 Å². The largest absolute Gasteiger partial charge is 0.508 e. The summed E-state index contributed by atoms with van der Waals surface area (Å²) in [6.45, 7) is 1.99. The molecule has 0 heterocycles. The Morgan fingerprint density at radius 2 is 2.25 bits per heavy atom. The summed E-state index contributed by atoms with van der Waals surface area (Å²) in [5.74, 6) is 0.425. The molecule has 0 aromatic heterocycles. The van der Waals surface area contributed by atoms with Crippen molar-refractivity contribution >= 4 is 17.5 Å². The van der Waals surface area contributed by atoms with E-state index in [0.29, 0.717) is 16.5 Å². The van der Waals surface area contributed by atoms with Crippen LogP contribution in [0.4, 0.5) is 0 Å². The number of halogens is 1. The van der Waals surface area contributed by atoms with Crippen LogP contribution in [0.25, 0.3) is 0 Å². The second-order valence-corrected chi connectivity index (χ2v) is 4.67. The highest BCUT2D eigenvalue weighted by molar-refractivity contribution is 6.33. The third-order valence-corrected chi connectivity index (χ3v) is 3.21. The lowest BCUT2D eigenvalue weighted by Crippen LogP contribution is -2.34. The topological polar surface area (TPSA) is 49.3 Å². The van der Waals surface area contributed by atoms with E-state index >= 15 is 0 Å². The Labute approximate surface area is 99.4 Å². The highest BCUT2D eigenvalue weighted by Gasteiger charge is 2.29. The smallest absolute Gasteiger partial charge is 0.253 e. The van der Waals surface area contributed by atoms with Crippen molar-refractivity contribution in [3.05, 3.63) is 28.8 Å². The van der Waals surface area contributed by atoms with Crippen LogP contribution in [-0.2, 0) is 0 Å². The van der Waals surface area contributed by atoms with Gasteiger partial charge in [0.25, 0.3) is 5.91 Å². The summed E-state index contributed by atoms with van der Waals surface area (Å²) in [5, 5.41) is 12.6. The van der Waals surface area contributed by atoms with Crippen LogP contribution in [-0.4, -0.2) is 17.1 Å². The predicted octanol–water partition coefficient (Wildman–Crippen LogP) is 2.57. The monoisotopic (exact) mass is 239 g/mol. The molecule has 16 heavy (non-hydrogen) atoms. The third-order valence-electron chi connectivity index (χ3n) is 2.88. The fourth-order valence-electron chi connectivity index (χ4n) is 1.69. The van der Waals surface area contributed by atoms with Crippen LogP contribution in [0.2, 0.25) is 5.02 Å². The average Bonchev–Trinajstić information content (AvgIpc) is 3.04. The Bertz CT molecular complexity index is 415. The first-order chi connectivity index (χ1) is 7.58. The number of amides is 1. The molecule has 2 rings (SSSR count). The lowest BCUT2D eigenvalue weighted by Gasteiger charge is -2.13. The molecule has 1 saturated carbocycles. The summed E-state index contributed by atoms with van der Waals surface area (Å²) < 4.78 is 0. The first-order valence-corrected chi connectivity index (χ1v) is 5.75. The number of phenolic OH excluding ortho intramolecular Hbond substituents is 1. The Kier molecular flexibility index (Phi) is 3.06. The van der Waals surface area contributed by atoms with Crippen molar-refractivity contribution in [3.63, 3.8) is 0 Å². The van der Waals surface area contributed by atoms with E-state index in [2.05, 4.69) is 5.32 Å². The first kappa shape index (κ1) is 11.3. The molecule has 0 aliphatic heterocycles. The minimum atomic E-state index is -0.222. The van der Waals surface area contributed by atoms with Crippen LogP contribution in [0.3, 0.4) is 0 Å². The Morgan fingerprint density at radius 1 is 1.56 bits per heavy atom. The second-order valence-electron chi connectivity index (χ2n) is 4.26. The van der Waals surface area contributed by atoms with E-state index in [1.54, 1.807) is 0 Å². The molecule has 1 fully saturated rings. The summed E-state index contributed by atoms with van der Waals surface area (Å²) in [5.41, 5.74) is 0.328. The molecular formula is C12H14ClNO2. The molecule has 1 aromatic carbocycles. The van der Waals surface area contributed by atoms with Crippen LogP contribution in [0.15, 0.2) is 18.2 Å². The van der Waals surface area contributed by atoms with E-state index in [0.717, 1.165) is 0 Å². The van der Waals surface area contributed by atoms with E-state index in [1.165, 1.54) is 31.0 Å². The van der Waals surface area contributed by atoms with Crippen molar-refractivity contribution < 1.29 is 9.90 Å². The van der Waals surface area contributed by atoms with Gasteiger partial charge in [-0.25, -0.2) is 0 Å². The summed E-state index contributed by atoms with van der Waals surface area (Å²) >= 11 is 5.90.